The van der Waals surface area contributed by atoms with E-state index in [1.54, 1.807) is 0 Å². The number of nitrogens with zero attached hydrogens (tertiary/aromatic N) is 1. The lowest BCUT2D eigenvalue weighted by Crippen LogP contribution is -2.38. The van der Waals surface area contributed by atoms with E-state index in [0.29, 0.717) is 6.04 Å². The molecule has 4 nitrogen and oxygen atoms in total. The average Bonchev–Trinajstić information content (AvgIpc) is 2.27. The number of sulfone groups is 1. The Hall–Kier alpha value is -0.130. The number of hydrogen-bond donors (Lipinski definition) is 1. The van der Waals surface area contributed by atoms with Gasteiger partial charge in [0.15, 0.2) is 9.84 Å². The summed E-state index contributed by atoms with van der Waals surface area (Å²) in [4.78, 5) is 2.29. The first-order valence-electron chi connectivity index (χ1n) is 6.61. The molecule has 5 heteroatoms. The summed E-state index contributed by atoms with van der Waals surface area (Å²) in [5.41, 5.74) is 5.71. The molecule has 2 N–H and O–H groups in total. The van der Waals surface area contributed by atoms with E-state index in [-0.39, 0.29) is 17.5 Å². The van der Waals surface area contributed by atoms with Crippen LogP contribution in [0.15, 0.2) is 0 Å². The topological polar surface area (TPSA) is 63.4 Å². The number of likely N-dealkylation sites (tertiary alicyclic amines) is 1. The van der Waals surface area contributed by atoms with E-state index in [9.17, 15) is 8.42 Å². The van der Waals surface area contributed by atoms with Crippen molar-refractivity contribution in [1.29, 1.82) is 0 Å². The lowest BCUT2D eigenvalue weighted by atomic mass is 10.0. The van der Waals surface area contributed by atoms with Gasteiger partial charge in [0.2, 0.25) is 0 Å². The maximum absolute atomic E-state index is 11.9. The molecule has 1 fully saturated rings. The summed E-state index contributed by atoms with van der Waals surface area (Å²) in [7, 11) is -0.876. The molecular formula is C12H26N2O2S. The normalized spacial score (nSPS) is 24.8. The van der Waals surface area contributed by atoms with Crippen molar-refractivity contribution in [2.75, 3.05) is 25.1 Å². The maximum Gasteiger partial charge on any atom is 0.151 e. The Morgan fingerprint density at radius 1 is 1.41 bits per heavy atom. The minimum Gasteiger partial charge on any atom is -0.327 e. The standard InChI is InChI=1S/C12H26N2O2S/c1-3-11(13)10-17(15,16)9-7-12-6-4-5-8-14(12)2/h11-12H,3-10,13H2,1-2H3. The summed E-state index contributed by atoms with van der Waals surface area (Å²) in [6.07, 6.45) is 5.08. The second-order valence-corrected chi connectivity index (χ2v) is 7.43. The summed E-state index contributed by atoms with van der Waals surface area (Å²) in [5.74, 6) is 0.426. The zero-order valence-electron chi connectivity index (χ0n) is 11.1. The fourth-order valence-corrected chi connectivity index (χ4v) is 4.04. The van der Waals surface area contributed by atoms with Gasteiger partial charge in [0.1, 0.15) is 0 Å². The van der Waals surface area contributed by atoms with Crippen LogP contribution in [-0.2, 0) is 9.84 Å². The minimum absolute atomic E-state index is 0.139. The van der Waals surface area contributed by atoms with Gasteiger partial charge in [-0.25, -0.2) is 8.42 Å². The first-order chi connectivity index (χ1) is 7.94. The van der Waals surface area contributed by atoms with Gasteiger partial charge in [-0.05, 0) is 39.3 Å². The van der Waals surface area contributed by atoms with Gasteiger partial charge in [-0.15, -0.1) is 0 Å². The van der Waals surface area contributed by atoms with Gasteiger partial charge in [-0.2, -0.15) is 0 Å². The molecule has 0 radical (unpaired) electrons. The molecule has 0 aliphatic carbocycles. The molecule has 0 saturated carbocycles. The van der Waals surface area contributed by atoms with Gasteiger partial charge in [0, 0.05) is 12.1 Å². The smallest absolute Gasteiger partial charge is 0.151 e. The average molecular weight is 262 g/mol. The Balaban J connectivity index is 2.38. The van der Waals surface area contributed by atoms with Gasteiger partial charge >= 0.3 is 0 Å². The van der Waals surface area contributed by atoms with Crippen molar-refractivity contribution >= 4 is 9.84 Å². The highest BCUT2D eigenvalue weighted by Gasteiger charge is 2.22. The van der Waals surface area contributed by atoms with Gasteiger partial charge in [-0.3, -0.25) is 0 Å². The molecule has 0 spiro atoms. The van der Waals surface area contributed by atoms with E-state index < -0.39 is 9.84 Å². The molecule has 1 heterocycles. The second kappa shape index (κ2) is 6.71. The SMILES string of the molecule is CCC(N)CS(=O)(=O)CCC1CCCCN1C. The zero-order chi connectivity index (χ0) is 12.9. The van der Waals surface area contributed by atoms with Crippen molar-refractivity contribution in [2.24, 2.45) is 5.73 Å². The Morgan fingerprint density at radius 2 is 2.12 bits per heavy atom. The Labute approximate surface area is 105 Å². The van der Waals surface area contributed by atoms with Crippen LogP contribution < -0.4 is 5.73 Å². The van der Waals surface area contributed by atoms with Crippen LogP contribution in [0.4, 0.5) is 0 Å². The number of piperidine rings is 1. The molecule has 0 aromatic heterocycles. The second-order valence-electron chi connectivity index (χ2n) is 5.20. The number of rotatable bonds is 6. The van der Waals surface area contributed by atoms with E-state index in [1.165, 1.54) is 12.8 Å². The van der Waals surface area contributed by atoms with Crippen molar-refractivity contribution in [1.82, 2.24) is 4.90 Å². The van der Waals surface area contributed by atoms with E-state index in [4.69, 9.17) is 5.73 Å². The predicted octanol–water partition coefficient (Wildman–Crippen LogP) is 1.01. The van der Waals surface area contributed by atoms with Crippen molar-refractivity contribution < 1.29 is 8.42 Å². The summed E-state index contributed by atoms with van der Waals surface area (Å²) < 4.78 is 23.7. The summed E-state index contributed by atoms with van der Waals surface area (Å²) in [5, 5.41) is 0. The molecule has 0 amide bonds. The molecule has 17 heavy (non-hydrogen) atoms. The van der Waals surface area contributed by atoms with Gasteiger partial charge in [0.25, 0.3) is 0 Å². The molecule has 1 rings (SSSR count). The molecule has 2 atom stereocenters. The maximum atomic E-state index is 11.9. The van der Waals surface area contributed by atoms with Crippen LogP contribution in [0.3, 0.4) is 0 Å². The molecule has 0 aromatic carbocycles. The van der Waals surface area contributed by atoms with Crippen molar-refractivity contribution in [3.8, 4) is 0 Å². The first kappa shape index (κ1) is 14.9. The summed E-state index contributed by atoms with van der Waals surface area (Å²) in [6.45, 7) is 3.02. The third kappa shape index (κ3) is 5.36. The van der Waals surface area contributed by atoms with Crippen molar-refractivity contribution in [3.63, 3.8) is 0 Å². The highest BCUT2D eigenvalue weighted by Crippen LogP contribution is 2.18. The van der Waals surface area contributed by atoms with Crippen LogP contribution >= 0.6 is 0 Å². The third-order valence-corrected chi connectivity index (χ3v) is 5.47. The lowest BCUT2D eigenvalue weighted by molar-refractivity contribution is 0.181. The summed E-state index contributed by atoms with van der Waals surface area (Å²) >= 11 is 0. The van der Waals surface area contributed by atoms with E-state index >= 15 is 0 Å². The van der Waals surface area contributed by atoms with Crippen LogP contribution in [0, 0.1) is 0 Å². The Morgan fingerprint density at radius 3 is 2.71 bits per heavy atom. The number of hydrogen-bond acceptors (Lipinski definition) is 4. The van der Waals surface area contributed by atoms with Gasteiger partial charge in [-0.1, -0.05) is 13.3 Å². The van der Waals surface area contributed by atoms with Crippen molar-refractivity contribution in [2.45, 2.75) is 51.1 Å². The largest absolute Gasteiger partial charge is 0.327 e. The fraction of sp³-hybridized carbons (Fsp3) is 1.00. The zero-order valence-corrected chi connectivity index (χ0v) is 11.9. The molecular weight excluding hydrogens is 236 g/mol. The van der Waals surface area contributed by atoms with Crippen LogP contribution in [0.25, 0.3) is 0 Å². The van der Waals surface area contributed by atoms with E-state index in [1.807, 2.05) is 6.92 Å². The molecule has 1 saturated heterocycles. The highest BCUT2D eigenvalue weighted by atomic mass is 32.2. The van der Waals surface area contributed by atoms with Crippen LogP contribution in [-0.4, -0.2) is 50.5 Å². The first-order valence-corrected chi connectivity index (χ1v) is 8.43. The Kier molecular flexibility index (Phi) is 5.89. The molecule has 1 aliphatic rings. The minimum atomic E-state index is -2.97. The van der Waals surface area contributed by atoms with Crippen LogP contribution in [0.1, 0.15) is 39.0 Å². The van der Waals surface area contributed by atoms with E-state index in [0.717, 1.165) is 25.8 Å². The van der Waals surface area contributed by atoms with Crippen molar-refractivity contribution in [3.05, 3.63) is 0 Å². The molecule has 1 aliphatic heterocycles. The van der Waals surface area contributed by atoms with Crippen LogP contribution in [0.2, 0.25) is 0 Å². The molecule has 0 aromatic rings. The summed E-state index contributed by atoms with van der Waals surface area (Å²) in [6, 6.07) is 0.237. The molecule has 0 bridgehead atoms. The van der Waals surface area contributed by atoms with Gasteiger partial charge < -0.3 is 10.6 Å². The molecule has 102 valence electrons. The van der Waals surface area contributed by atoms with Gasteiger partial charge in [0.05, 0.1) is 11.5 Å². The third-order valence-electron chi connectivity index (χ3n) is 3.68. The Bertz CT molecular complexity index is 316. The van der Waals surface area contributed by atoms with E-state index in [2.05, 4.69) is 11.9 Å². The molecule has 2 unspecified atom stereocenters. The number of nitrogens with two attached hydrogens (primary N) is 1. The lowest BCUT2D eigenvalue weighted by Gasteiger charge is -2.32. The fourth-order valence-electron chi connectivity index (χ4n) is 2.35. The predicted molar refractivity (Wildman–Crippen MR) is 71.8 cm³/mol. The highest BCUT2D eigenvalue weighted by molar-refractivity contribution is 7.91. The quantitative estimate of drug-likeness (QED) is 0.776. The monoisotopic (exact) mass is 262 g/mol. The van der Waals surface area contributed by atoms with Crippen LogP contribution in [0.5, 0.6) is 0 Å².